The second-order valence-electron chi connectivity index (χ2n) is 6.79. The average Bonchev–Trinajstić information content (AvgIpc) is 3.33. The van der Waals surface area contributed by atoms with Crippen LogP contribution in [-0.4, -0.2) is 20.7 Å². The van der Waals surface area contributed by atoms with Crippen LogP contribution in [0.1, 0.15) is 54.6 Å². The van der Waals surface area contributed by atoms with Gasteiger partial charge in [-0.05, 0) is 47.6 Å². The van der Waals surface area contributed by atoms with Crippen LogP contribution in [0, 0.1) is 4.77 Å². The Morgan fingerprint density at radius 3 is 2.61 bits per heavy atom. The Bertz CT molecular complexity index is 942. The number of aryl methyl sites for hydroxylation is 2. The van der Waals surface area contributed by atoms with Crippen molar-refractivity contribution in [3.05, 3.63) is 68.4 Å². The summed E-state index contributed by atoms with van der Waals surface area (Å²) in [5.41, 5.74) is 2.40. The highest BCUT2D eigenvalue weighted by atomic mass is 32.1. The zero-order chi connectivity index (χ0) is 19.9. The maximum Gasteiger partial charge on any atom is 0.240 e. The molecular weight excluding hydrogens is 388 g/mol. The zero-order valence-corrected chi connectivity index (χ0v) is 17.9. The lowest BCUT2D eigenvalue weighted by Gasteiger charge is -2.19. The third-order valence-corrected chi connectivity index (χ3v) is 5.85. The van der Waals surface area contributed by atoms with E-state index < -0.39 is 0 Å². The Hall–Kier alpha value is -2.25. The average molecular weight is 415 g/mol. The first-order valence-electron chi connectivity index (χ1n) is 9.68. The maximum absolute atomic E-state index is 12.9. The summed E-state index contributed by atoms with van der Waals surface area (Å²) in [6.07, 6.45) is 3.92. The molecule has 148 valence electrons. The van der Waals surface area contributed by atoms with Gasteiger partial charge >= 0.3 is 0 Å². The molecule has 0 aliphatic rings. The van der Waals surface area contributed by atoms with Crippen LogP contribution in [0.5, 0.6) is 0 Å². The smallest absolute Gasteiger partial charge is 0.240 e. The molecule has 1 amide bonds. The van der Waals surface area contributed by atoms with Crippen LogP contribution in [0.2, 0.25) is 0 Å². The lowest BCUT2D eigenvalue weighted by atomic mass is 10.0. The fourth-order valence-corrected chi connectivity index (χ4v) is 4.24. The Morgan fingerprint density at radius 2 is 1.96 bits per heavy atom. The first-order valence-corrected chi connectivity index (χ1v) is 11.0. The summed E-state index contributed by atoms with van der Waals surface area (Å²) in [5.74, 6) is 0.741. The highest BCUT2D eigenvalue weighted by molar-refractivity contribution is 7.71. The van der Waals surface area contributed by atoms with Gasteiger partial charge in [-0.3, -0.25) is 14.5 Å². The third-order valence-electron chi connectivity index (χ3n) is 4.60. The van der Waals surface area contributed by atoms with Gasteiger partial charge in [-0.25, -0.2) is 0 Å². The van der Waals surface area contributed by atoms with Gasteiger partial charge in [0.2, 0.25) is 5.91 Å². The van der Waals surface area contributed by atoms with Gasteiger partial charge in [0.1, 0.15) is 12.4 Å². The van der Waals surface area contributed by atoms with Gasteiger partial charge in [0.15, 0.2) is 4.77 Å². The second-order valence-corrected chi connectivity index (χ2v) is 8.15. The molecule has 28 heavy (non-hydrogen) atoms. The number of benzene rings is 1. The molecule has 2 aromatic heterocycles. The Labute approximate surface area is 174 Å². The molecule has 3 rings (SSSR count). The summed E-state index contributed by atoms with van der Waals surface area (Å²) in [4.78, 5) is 14.0. The number of carbonyl (C=O) groups is 1. The number of nitrogens with zero attached hydrogens (tertiary/aromatic N) is 2. The molecule has 0 saturated carbocycles. The van der Waals surface area contributed by atoms with E-state index in [1.54, 1.807) is 15.9 Å². The number of amides is 1. The maximum atomic E-state index is 12.9. The zero-order valence-electron chi connectivity index (χ0n) is 16.3. The van der Waals surface area contributed by atoms with Crippen LogP contribution < -0.4 is 5.32 Å². The number of hydrogen-bond acceptors (Lipinski definition) is 4. The Balaban J connectivity index is 1.79. The standard InChI is InChI=1S/C21H26N4OS2/c1-3-6-15-9-11-16(12-10-15)20(17-8-5-13-28-17)22-19(26)14-25-18(7-4-2)23-24-21(25)27/h5,8-13,20H,3-4,6-7,14H2,1-2H3,(H,22,26)(H,24,27). The van der Waals surface area contributed by atoms with E-state index in [4.69, 9.17) is 12.2 Å². The minimum absolute atomic E-state index is 0.0779. The normalized spacial score (nSPS) is 12.1. The fraction of sp³-hybridized carbons (Fsp3) is 0.381. The van der Waals surface area contributed by atoms with Gasteiger partial charge in [0.05, 0.1) is 6.04 Å². The van der Waals surface area contributed by atoms with Crippen molar-refractivity contribution in [3.8, 4) is 0 Å². The van der Waals surface area contributed by atoms with E-state index in [2.05, 4.69) is 59.7 Å². The highest BCUT2D eigenvalue weighted by Crippen LogP contribution is 2.26. The topological polar surface area (TPSA) is 62.7 Å². The summed E-state index contributed by atoms with van der Waals surface area (Å²) in [7, 11) is 0. The molecule has 1 aromatic carbocycles. The number of aromatic nitrogens is 3. The van der Waals surface area contributed by atoms with Gasteiger partial charge in [-0.2, -0.15) is 5.10 Å². The van der Waals surface area contributed by atoms with Crippen molar-refractivity contribution in [1.82, 2.24) is 20.1 Å². The highest BCUT2D eigenvalue weighted by Gasteiger charge is 2.19. The number of thiophene rings is 1. The van der Waals surface area contributed by atoms with Crippen molar-refractivity contribution < 1.29 is 4.79 Å². The van der Waals surface area contributed by atoms with E-state index >= 15 is 0 Å². The van der Waals surface area contributed by atoms with Gasteiger partial charge in [-0.1, -0.05) is 50.6 Å². The van der Waals surface area contributed by atoms with Crippen LogP contribution in [-0.2, 0) is 24.2 Å². The summed E-state index contributed by atoms with van der Waals surface area (Å²) in [6, 6.07) is 12.4. The Kier molecular flexibility index (Phi) is 7.17. The third kappa shape index (κ3) is 4.97. The molecule has 0 radical (unpaired) electrons. The lowest BCUT2D eigenvalue weighted by Crippen LogP contribution is -2.32. The van der Waals surface area contributed by atoms with Crippen molar-refractivity contribution in [2.75, 3.05) is 0 Å². The number of H-pyrrole nitrogens is 1. The molecule has 7 heteroatoms. The predicted octanol–water partition coefficient (Wildman–Crippen LogP) is 4.81. The van der Waals surface area contributed by atoms with Crippen molar-refractivity contribution in [2.45, 2.75) is 52.1 Å². The number of nitrogens with one attached hydrogen (secondary N) is 2. The number of hydrogen-bond donors (Lipinski definition) is 2. The van der Waals surface area contributed by atoms with E-state index in [0.717, 1.165) is 41.9 Å². The van der Waals surface area contributed by atoms with Crippen LogP contribution in [0.3, 0.4) is 0 Å². The van der Waals surface area contributed by atoms with Gasteiger partial charge in [0, 0.05) is 11.3 Å². The summed E-state index contributed by atoms with van der Waals surface area (Å²) in [5, 5.41) is 12.3. The molecule has 0 aliphatic heterocycles. The molecule has 1 atom stereocenters. The van der Waals surface area contributed by atoms with Crippen LogP contribution in [0.4, 0.5) is 0 Å². The molecule has 0 aliphatic carbocycles. The van der Waals surface area contributed by atoms with E-state index in [1.807, 2.05) is 11.4 Å². The van der Waals surface area contributed by atoms with Crippen molar-refractivity contribution in [3.63, 3.8) is 0 Å². The first-order chi connectivity index (χ1) is 13.6. The minimum Gasteiger partial charge on any atom is -0.343 e. The Morgan fingerprint density at radius 1 is 1.21 bits per heavy atom. The van der Waals surface area contributed by atoms with E-state index in [-0.39, 0.29) is 18.5 Å². The summed E-state index contributed by atoms with van der Waals surface area (Å²) in [6.45, 7) is 4.42. The first kappa shape index (κ1) is 20.5. The molecule has 5 nitrogen and oxygen atoms in total. The molecule has 0 fully saturated rings. The molecular formula is C21H26N4OS2. The number of rotatable bonds is 9. The number of aromatic amines is 1. The van der Waals surface area contributed by atoms with Crippen molar-refractivity contribution in [2.24, 2.45) is 0 Å². The van der Waals surface area contributed by atoms with E-state index in [9.17, 15) is 4.79 Å². The molecule has 1 unspecified atom stereocenters. The van der Waals surface area contributed by atoms with E-state index in [1.165, 1.54) is 5.56 Å². The van der Waals surface area contributed by atoms with Gasteiger partial charge in [-0.15, -0.1) is 11.3 Å². The van der Waals surface area contributed by atoms with Crippen molar-refractivity contribution in [1.29, 1.82) is 0 Å². The van der Waals surface area contributed by atoms with Crippen LogP contribution >= 0.6 is 23.6 Å². The molecule has 0 bridgehead atoms. The molecule has 0 spiro atoms. The van der Waals surface area contributed by atoms with Gasteiger partial charge in [0.25, 0.3) is 0 Å². The summed E-state index contributed by atoms with van der Waals surface area (Å²) >= 11 is 6.94. The molecule has 2 heterocycles. The molecule has 3 aromatic rings. The molecule has 2 N–H and O–H groups in total. The quantitative estimate of drug-likeness (QED) is 0.494. The fourth-order valence-electron chi connectivity index (χ4n) is 3.22. The van der Waals surface area contributed by atoms with Crippen molar-refractivity contribution >= 4 is 29.5 Å². The minimum atomic E-state index is -0.168. The number of carbonyl (C=O) groups excluding carboxylic acids is 1. The lowest BCUT2D eigenvalue weighted by molar-refractivity contribution is -0.122. The monoisotopic (exact) mass is 414 g/mol. The van der Waals surface area contributed by atoms with Crippen LogP contribution in [0.25, 0.3) is 0 Å². The molecule has 0 saturated heterocycles. The second kappa shape index (κ2) is 9.80. The predicted molar refractivity (Wildman–Crippen MR) is 116 cm³/mol. The van der Waals surface area contributed by atoms with Gasteiger partial charge < -0.3 is 5.32 Å². The summed E-state index contributed by atoms with van der Waals surface area (Å²) < 4.78 is 2.26. The SMILES string of the molecule is CCCc1ccc(C(NC(=O)Cn2c(CCC)n[nH]c2=S)c2cccs2)cc1. The largest absolute Gasteiger partial charge is 0.343 e. The van der Waals surface area contributed by atoms with Crippen LogP contribution in [0.15, 0.2) is 41.8 Å². The van der Waals surface area contributed by atoms with E-state index in [0.29, 0.717) is 4.77 Å².